The van der Waals surface area contributed by atoms with Crippen LogP contribution in [0.5, 0.6) is 0 Å². The van der Waals surface area contributed by atoms with Crippen LogP contribution >= 0.6 is 11.3 Å². The fourth-order valence-electron chi connectivity index (χ4n) is 2.79. The number of furan rings is 1. The van der Waals surface area contributed by atoms with Gasteiger partial charge in [-0.15, -0.1) is 11.3 Å². The van der Waals surface area contributed by atoms with Crippen molar-refractivity contribution in [1.29, 1.82) is 0 Å². The quantitative estimate of drug-likeness (QED) is 0.510. The standard InChI is InChI=1S/C21H15FN2O3S/c22-16-7-3-9-18-15(16)11-19(28-18)21(26)24-17-8-2-1-6-14(17)20(25)23-12-13-5-4-10-27-13/h1-11H,12H2,(H,23,25)(H,24,26). The van der Waals surface area contributed by atoms with E-state index in [0.717, 1.165) is 0 Å². The SMILES string of the molecule is O=C(Nc1ccccc1C(=O)NCc1ccco1)c1cc2c(F)cccc2s1. The molecule has 0 aliphatic rings. The normalized spacial score (nSPS) is 10.8. The lowest BCUT2D eigenvalue weighted by atomic mass is 10.1. The van der Waals surface area contributed by atoms with Gasteiger partial charge in [-0.05, 0) is 42.5 Å². The Morgan fingerprint density at radius 2 is 1.86 bits per heavy atom. The van der Waals surface area contributed by atoms with E-state index in [2.05, 4.69) is 10.6 Å². The molecule has 0 aliphatic carbocycles. The number of hydrogen-bond acceptors (Lipinski definition) is 4. The Balaban J connectivity index is 1.53. The number of fused-ring (bicyclic) bond motifs is 1. The summed E-state index contributed by atoms with van der Waals surface area (Å²) in [7, 11) is 0. The molecule has 140 valence electrons. The molecule has 0 radical (unpaired) electrons. The van der Waals surface area contributed by atoms with Gasteiger partial charge < -0.3 is 15.1 Å². The predicted molar refractivity (Wildman–Crippen MR) is 106 cm³/mol. The number of amides is 2. The van der Waals surface area contributed by atoms with Crippen molar-refractivity contribution >= 4 is 38.9 Å². The van der Waals surface area contributed by atoms with Crippen LogP contribution in [0.1, 0.15) is 25.8 Å². The van der Waals surface area contributed by atoms with Crippen LogP contribution in [-0.2, 0) is 6.54 Å². The van der Waals surface area contributed by atoms with Crippen LogP contribution < -0.4 is 10.6 Å². The Bertz CT molecular complexity index is 1150. The van der Waals surface area contributed by atoms with E-state index >= 15 is 0 Å². The first-order valence-electron chi connectivity index (χ1n) is 8.51. The number of nitrogens with one attached hydrogen (secondary N) is 2. The Morgan fingerprint density at radius 1 is 1.00 bits per heavy atom. The Labute approximate surface area is 163 Å². The van der Waals surface area contributed by atoms with Gasteiger partial charge in [-0.1, -0.05) is 18.2 Å². The fourth-order valence-corrected chi connectivity index (χ4v) is 3.76. The molecule has 0 saturated carbocycles. The highest BCUT2D eigenvalue weighted by atomic mass is 32.1. The molecule has 0 aliphatic heterocycles. The number of carbonyl (C=O) groups excluding carboxylic acids is 2. The van der Waals surface area contributed by atoms with E-state index in [1.54, 1.807) is 48.5 Å². The molecule has 2 N–H and O–H groups in total. The molecular formula is C21H15FN2O3S. The van der Waals surface area contributed by atoms with Crippen molar-refractivity contribution in [3.63, 3.8) is 0 Å². The molecule has 4 rings (SSSR count). The van der Waals surface area contributed by atoms with Crippen molar-refractivity contribution in [3.8, 4) is 0 Å². The van der Waals surface area contributed by atoms with E-state index in [4.69, 9.17) is 4.42 Å². The number of para-hydroxylation sites is 1. The van der Waals surface area contributed by atoms with Gasteiger partial charge in [-0.25, -0.2) is 4.39 Å². The highest BCUT2D eigenvalue weighted by Gasteiger charge is 2.16. The van der Waals surface area contributed by atoms with E-state index in [1.807, 2.05) is 0 Å². The molecule has 0 bridgehead atoms. The summed E-state index contributed by atoms with van der Waals surface area (Å²) in [5, 5.41) is 5.90. The largest absolute Gasteiger partial charge is 0.467 e. The zero-order valence-electron chi connectivity index (χ0n) is 14.6. The van der Waals surface area contributed by atoms with Gasteiger partial charge in [0.2, 0.25) is 0 Å². The number of halogens is 1. The number of thiophene rings is 1. The summed E-state index contributed by atoms with van der Waals surface area (Å²) < 4.78 is 19.8. The molecule has 0 saturated heterocycles. The summed E-state index contributed by atoms with van der Waals surface area (Å²) >= 11 is 1.20. The third-order valence-electron chi connectivity index (χ3n) is 4.16. The van der Waals surface area contributed by atoms with Crippen LogP contribution in [0.25, 0.3) is 10.1 Å². The van der Waals surface area contributed by atoms with Gasteiger partial charge in [0, 0.05) is 10.1 Å². The molecule has 28 heavy (non-hydrogen) atoms. The number of benzene rings is 2. The number of carbonyl (C=O) groups is 2. The molecule has 0 unspecified atom stereocenters. The second-order valence-electron chi connectivity index (χ2n) is 6.02. The van der Waals surface area contributed by atoms with Crippen molar-refractivity contribution in [2.75, 3.05) is 5.32 Å². The molecule has 0 spiro atoms. The van der Waals surface area contributed by atoms with Gasteiger partial charge in [0.15, 0.2) is 0 Å². The molecular weight excluding hydrogens is 379 g/mol. The minimum absolute atomic E-state index is 0.240. The van der Waals surface area contributed by atoms with E-state index in [0.29, 0.717) is 32.0 Å². The van der Waals surface area contributed by atoms with Crippen molar-refractivity contribution in [3.05, 3.63) is 88.9 Å². The zero-order valence-corrected chi connectivity index (χ0v) is 15.4. The second-order valence-corrected chi connectivity index (χ2v) is 7.11. The molecule has 0 atom stereocenters. The Kier molecular flexibility index (Phi) is 4.90. The topological polar surface area (TPSA) is 71.3 Å². The van der Waals surface area contributed by atoms with Gasteiger partial charge in [0.25, 0.3) is 11.8 Å². The van der Waals surface area contributed by atoms with Crippen LogP contribution in [0, 0.1) is 5.82 Å². The van der Waals surface area contributed by atoms with Gasteiger partial charge in [0.1, 0.15) is 11.6 Å². The average molecular weight is 394 g/mol. The highest BCUT2D eigenvalue weighted by molar-refractivity contribution is 7.20. The van der Waals surface area contributed by atoms with E-state index in [1.165, 1.54) is 29.7 Å². The lowest BCUT2D eigenvalue weighted by Crippen LogP contribution is -2.24. The molecule has 2 heterocycles. The third-order valence-corrected chi connectivity index (χ3v) is 5.25. The lowest BCUT2D eigenvalue weighted by molar-refractivity contribution is 0.0949. The summed E-state index contributed by atoms with van der Waals surface area (Å²) in [6.45, 7) is 0.240. The van der Waals surface area contributed by atoms with Crippen LogP contribution in [0.15, 0.2) is 71.3 Å². The maximum atomic E-state index is 13.9. The van der Waals surface area contributed by atoms with E-state index in [-0.39, 0.29) is 18.3 Å². The summed E-state index contributed by atoms with van der Waals surface area (Å²) in [5.41, 5.74) is 0.706. The van der Waals surface area contributed by atoms with Crippen molar-refractivity contribution < 1.29 is 18.4 Å². The molecule has 4 aromatic rings. The first-order chi connectivity index (χ1) is 13.6. The Morgan fingerprint density at radius 3 is 2.64 bits per heavy atom. The van der Waals surface area contributed by atoms with Gasteiger partial charge in [0.05, 0.1) is 28.9 Å². The molecule has 7 heteroatoms. The van der Waals surface area contributed by atoms with E-state index in [9.17, 15) is 14.0 Å². The minimum atomic E-state index is -0.396. The van der Waals surface area contributed by atoms with Gasteiger partial charge in [-0.2, -0.15) is 0 Å². The first kappa shape index (κ1) is 17.9. The summed E-state index contributed by atoms with van der Waals surface area (Å²) in [5.74, 6) is -0.478. The zero-order chi connectivity index (χ0) is 19.5. The monoisotopic (exact) mass is 394 g/mol. The van der Waals surface area contributed by atoms with Crippen LogP contribution in [0.2, 0.25) is 0 Å². The Hall–Kier alpha value is -3.45. The number of anilines is 1. The molecule has 0 fully saturated rings. The van der Waals surface area contributed by atoms with Crippen molar-refractivity contribution in [2.24, 2.45) is 0 Å². The van der Waals surface area contributed by atoms with Gasteiger partial charge in [-0.3, -0.25) is 9.59 Å². The fraction of sp³-hybridized carbons (Fsp3) is 0.0476. The maximum absolute atomic E-state index is 13.9. The van der Waals surface area contributed by atoms with Crippen molar-refractivity contribution in [2.45, 2.75) is 6.54 Å². The lowest BCUT2D eigenvalue weighted by Gasteiger charge is -2.10. The number of rotatable bonds is 5. The molecule has 2 amide bonds. The minimum Gasteiger partial charge on any atom is -0.467 e. The summed E-state index contributed by atoms with van der Waals surface area (Å²) in [4.78, 5) is 25.5. The molecule has 2 aromatic carbocycles. The van der Waals surface area contributed by atoms with Crippen LogP contribution in [0.3, 0.4) is 0 Å². The molecule has 2 aromatic heterocycles. The van der Waals surface area contributed by atoms with Crippen LogP contribution in [0.4, 0.5) is 10.1 Å². The summed E-state index contributed by atoms with van der Waals surface area (Å²) in [6.07, 6.45) is 1.53. The van der Waals surface area contributed by atoms with E-state index < -0.39 is 5.91 Å². The smallest absolute Gasteiger partial charge is 0.265 e. The first-order valence-corrected chi connectivity index (χ1v) is 9.32. The molecule has 5 nitrogen and oxygen atoms in total. The third kappa shape index (κ3) is 3.65. The average Bonchev–Trinajstić information content (AvgIpc) is 3.37. The maximum Gasteiger partial charge on any atom is 0.265 e. The predicted octanol–water partition coefficient (Wildman–Crippen LogP) is 4.82. The highest BCUT2D eigenvalue weighted by Crippen LogP contribution is 2.28. The van der Waals surface area contributed by atoms with Crippen LogP contribution in [-0.4, -0.2) is 11.8 Å². The van der Waals surface area contributed by atoms with Gasteiger partial charge >= 0.3 is 0 Å². The van der Waals surface area contributed by atoms with Crippen molar-refractivity contribution in [1.82, 2.24) is 5.32 Å². The second kappa shape index (κ2) is 7.66. The number of hydrogen-bond donors (Lipinski definition) is 2. The summed E-state index contributed by atoms with van der Waals surface area (Å²) in [6, 6.07) is 16.4.